The summed E-state index contributed by atoms with van der Waals surface area (Å²) in [6.07, 6.45) is 3.89. The normalized spacial score (nSPS) is 22.0. The lowest BCUT2D eigenvalue weighted by Gasteiger charge is -2.36. The summed E-state index contributed by atoms with van der Waals surface area (Å²) in [5, 5.41) is 0. The molecular formula is C17H27N3. The Kier molecular flexibility index (Phi) is 4.27. The largest absolute Gasteiger partial charge is 0.369 e. The van der Waals surface area contributed by atoms with E-state index < -0.39 is 0 Å². The van der Waals surface area contributed by atoms with Crippen molar-refractivity contribution < 1.29 is 0 Å². The molecule has 0 amide bonds. The Bertz CT molecular complexity index is 414. The molecule has 1 aromatic rings. The van der Waals surface area contributed by atoms with E-state index >= 15 is 0 Å². The van der Waals surface area contributed by atoms with Crippen molar-refractivity contribution in [3.05, 3.63) is 29.8 Å². The van der Waals surface area contributed by atoms with E-state index in [9.17, 15) is 0 Å². The predicted octanol–water partition coefficient (Wildman–Crippen LogP) is 2.11. The summed E-state index contributed by atoms with van der Waals surface area (Å²) in [6, 6.07) is 9.22. The van der Waals surface area contributed by atoms with Gasteiger partial charge in [0.05, 0.1) is 0 Å². The molecule has 1 unspecified atom stereocenters. The lowest BCUT2D eigenvalue weighted by molar-refractivity contribution is 0.248. The van der Waals surface area contributed by atoms with Gasteiger partial charge in [-0.3, -0.25) is 4.90 Å². The molecule has 1 saturated heterocycles. The predicted molar refractivity (Wildman–Crippen MR) is 85.2 cm³/mol. The van der Waals surface area contributed by atoms with Crippen LogP contribution in [0.15, 0.2) is 24.3 Å². The second-order valence-electron chi connectivity index (χ2n) is 6.58. The number of hydrogen-bond donors (Lipinski definition) is 1. The lowest BCUT2D eigenvalue weighted by atomic mass is 10.1. The van der Waals surface area contributed by atoms with E-state index in [-0.39, 0.29) is 6.04 Å². The molecule has 3 nitrogen and oxygen atoms in total. The highest BCUT2D eigenvalue weighted by Crippen LogP contribution is 2.30. The summed E-state index contributed by atoms with van der Waals surface area (Å²) in [4.78, 5) is 5.15. The van der Waals surface area contributed by atoms with Crippen LogP contribution < -0.4 is 10.6 Å². The van der Waals surface area contributed by atoms with E-state index in [1.54, 1.807) is 0 Å². The molecule has 20 heavy (non-hydrogen) atoms. The molecular weight excluding hydrogens is 246 g/mol. The van der Waals surface area contributed by atoms with Crippen LogP contribution in [0.2, 0.25) is 0 Å². The third kappa shape index (κ3) is 3.74. The molecule has 1 aliphatic heterocycles. The van der Waals surface area contributed by atoms with Crippen LogP contribution in [0, 0.1) is 5.92 Å². The molecule has 1 aliphatic carbocycles. The molecule has 2 aliphatic rings. The molecule has 0 radical (unpaired) electrons. The molecule has 0 aromatic heterocycles. The van der Waals surface area contributed by atoms with Crippen molar-refractivity contribution in [2.75, 3.05) is 37.6 Å². The van der Waals surface area contributed by atoms with Crippen LogP contribution in [0.4, 0.5) is 5.69 Å². The minimum absolute atomic E-state index is 0.242. The summed E-state index contributed by atoms with van der Waals surface area (Å²) < 4.78 is 0. The van der Waals surface area contributed by atoms with Crippen molar-refractivity contribution >= 4 is 5.69 Å². The van der Waals surface area contributed by atoms with Crippen LogP contribution in [-0.2, 0) is 6.42 Å². The molecule has 2 fully saturated rings. The van der Waals surface area contributed by atoms with Crippen LogP contribution >= 0.6 is 0 Å². The summed E-state index contributed by atoms with van der Waals surface area (Å²) in [5.74, 6) is 1.01. The monoisotopic (exact) mass is 273 g/mol. The molecule has 3 rings (SSSR count). The van der Waals surface area contributed by atoms with E-state index in [2.05, 4.69) is 41.0 Å². The molecule has 3 heteroatoms. The quantitative estimate of drug-likeness (QED) is 0.892. The van der Waals surface area contributed by atoms with Crippen molar-refractivity contribution in [3.8, 4) is 0 Å². The Hall–Kier alpha value is -1.06. The summed E-state index contributed by atoms with van der Waals surface area (Å²) in [5.41, 5.74) is 8.56. The average Bonchev–Trinajstić information content (AvgIpc) is 3.24. The first-order chi connectivity index (χ1) is 9.70. The molecule has 0 spiro atoms. The van der Waals surface area contributed by atoms with Gasteiger partial charge >= 0.3 is 0 Å². The highest BCUT2D eigenvalue weighted by molar-refractivity contribution is 5.48. The van der Waals surface area contributed by atoms with Gasteiger partial charge in [-0.05, 0) is 49.8 Å². The summed E-state index contributed by atoms with van der Waals surface area (Å²) in [6.45, 7) is 8.17. The van der Waals surface area contributed by atoms with E-state index in [0.29, 0.717) is 0 Å². The van der Waals surface area contributed by atoms with Crippen LogP contribution in [0.1, 0.15) is 25.3 Å². The molecule has 1 atom stereocenters. The lowest BCUT2D eigenvalue weighted by Crippen LogP contribution is -2.47. The maximum atomic E-state index is 5.85. The fourth-order valence-electron chi connectivity index (χ4n) is 3.07. The van der Waals surface area contributed by atoms with Crippen LogP contribution in [0.3, 0.4) is 0 Å². The Labute approximate surface area is 122 Å². The smallest absolute Gasteiger partial charge is 0.0367 e. The van der Waals surface area contributed by atoms with Gasteiger partial charge in [0.25, 0.3) is 0 Å². The van der Waals surface area contributed by atoms with Crippen molar-refractivity contribution in [2.24, 2.45) is 11.7 Å². The fraction of sp³-hybridized carbons (Fsp3) is 0.647. The molecule has 2 N–H and O–H groups in total. The van der Waals surface area contributed by atoms with Crippen molar-refractivity contribution in [1.29, 1.82) is 0 Å². The first-order valence-electron chi connectivity index (χ1n) is 8.02. The van der Waals surface area contributed by atoms with Gasteiger partial charge < -0.3 is 10.6 Å². The zero-order chi connectivity index (χ0) is 13.9. The van der Waals surface area contributed by atoms with Gasteiger partial charge in [-0.2, -0.15) is 0 Å². The third-order valence-electron chi connectivity index (χ3n) is 4.44. The van der Waals surface area contributed by atoms with Crippen LogP contribution in [0.25, 0.3) is 0 Å². The van der Waals surface area contributed by atoms with Crippen molar-refractivity contribution in [3.63, 3.8) is 0 Å². The molecule has 110 valence electrons. The fourth-order valence-corrected chi connectivity index (χ4v) is 3.07. The van der Waals surface area contributed by atoms with Gasteiger partial charge in [0.1, 0.15) is 0 Å². The number of rotatable bonds is 5. The zero-order valence-corrected chi connectivity index (χ0v) is 12.6. The SMILES string of the molecule is CC(N)Cc1ccc(N2CCN(CC3CC3)CC2)cc1. The Morgan fingerprint density at radius 2 is 1.75 bits per heavy atom. The number of benzene rings is 1. The van der Waals surface area contributed by atoms with Crippen molar-refractivity contribution in [2.45, 2.75) is 32.2 Å². The number of nitrogens with zero attached hydrogens (tertiary/aromatic N) is 2. The number of nitrogens with two attached hydrogens (primary N) is 1. The topological polar surface area (TPSA) is 32.5 Å². The number of hydrogen-bond acceptors (Lipinski definition) is 3. The number of anilines is 1. The second-order valence-corrected chi connectivity index (χ2v) is 6.58. The summed E-state index contributed by atoms with van der Waals surface area (Å²) in [7, 11) is 0. The minimum Gasteiger partial charge on any atom is -0.369 e. The van der Waals surface area contributed by atoms with Crippen LogP contribution in [0.5, 0.6) is 0 Å². The molecule has 1 aromatic carbocycles. The van der Waals surface area contributed by atoms with Crippen molar-refractivity contribution in [1.82, 2.24) is 4.90 Å². The maximum absolute atomic E-state index is 5.85. The van der Waals surface area contributed by atoms with Gasteiger partial charge in [0.15, 0.2) is 0 Å². The first kappa shape index (κ1) is 13.9. The maximum Gasteiger partial charge on any atom is 0.0367 e. The van der Waals surface area contributed by atoms with Gasteiger partial charge in [0, 0.05) is 44.5 Å². The number of piperazine rings is 1. The van der Waals surface area contributed by atoms with E-state index in [1.165, 1.54) is 56.8 Å². The van der Waals surface area contributed by atoms with Gasteiger partial charge in [-0.25, -0.2) is 0 Å². The highest BCUT2D eigenvalue weighted by Gasteiger charge is 2.26. The Balaban J connectivity index is 1.51. The van der Waals surface area contributed by atoms with Gasteiger partial charge in [-0.1, -0.05) is 12.1 Å². The zero-order valence-electron chi connectivity index (χ0n) is 12.6. The first-order valence-corrected chi connectivity index (χ1v) is 8.02. The summed E-state index contributed by atoms with van der Waals surface area (Å²) >= 11 is 0. The van der Waals surface area contributed by atoms with E-state index in [4.69, 9.17) is 5.73 Å². The Morgan fingerprint density at radius 1 is 1.10 bits per heavy atom. The molecule has 1 heterocycles. The average molecular weight is 273 g/mol. The Morgan fingerprint density at radius 3 is 2.30 bits per heavy atom. The van der Waals surface area contributed by atoms with Crippen LogP contribution in [-0.4, -0.2) is 43.7 Å². The second kappa shape index (κ2) is 6.15. The standard InChI is InChI=1S/C17H27N3/c1-14(18)12-15-4-6-17(7-5-15)20-10-8-19(9-11-20)13-16-2-3-16/h4-7,14,16H,2-3,8-13,18H2,1H3. The highest BCUT2D eigenvalue weighted by atomic mass is 15.3. The van der Waals surface area contributed by atoms with Gasteiger partial charge in [-0.15, -0.1) is 0 Å². The van der Waals surface area contributed by atoms with E-state index in [1.807, 2.05) is 0 Å². The minimum atomic E-state index is 0.242. The van der Waals surface area contributed by atoms with Gasteiger partial charge in [0.2, 0.25) is 0 Å². The van der Waals surface area contributed by atoms with E-state index in [0.717, 1.165) is 12.3 Å². The molecule has 1 saturated carbocycles. The molecule has 0 bridgehead atoms. The third-order valence-corrected chi connectivity index (χ3v) is 4.44.